The lowest BCUT2D eigenvalue weighted by molar-refractivity contribution is 0.0963. The molecule has 1 amide bonds. The first-order valence-corrected chi connectivity index (χ1v) is 11.0. The fourth-order valence-electron chi connectivity index (χ4n) is 3.99. The van der Waals surface area contributed by atoms with E-state index in [0.717, 1.165) is 62.8 Å². The Labute approximate surface area is 173 Å². The largest absolute Gasteiger partial charge is 0.450 e. The van der Waals surface area contributed by atoms with E-state index in [4.69, 9.17) is 4.74 Å². The molecule has 1 aromatic heterocycles. The third kappa shape index (κ3) is 6.08. The summed E-state index contributed by atoms with van der Waals surface area (Å²) in [5, 5.41) is 15.7. The first-order chi connectivity index (χ1) is 14.2. The molecule has 29 heavy (non-hydrogen) atoms. The molecular formula is C20H35N7O2. The van der Waals surface area contributed by atoms with E-state index in [-0.39, 0.29) is 6.09 Å². The second-order valence-electron chi connectivity index (χ2n) is 7.70. The van der Waals surface area contributed by atoms with Gasteiger partial charge in [0.1, 0.15) is 11.6 Å². The molecule has 0 unspecified atom stereocenters. The van der Waals surface area contributed by atoms with Gasteiger partial charge in [0, 0.05) is 52.1 Å². The van der Waals surface area contributed by atoms with E-state index in [1.165, 1.54) is 19.3 Å². The molecule has 0 spiro atoms. The molecule has 2 aliphatic heterocycles. The van der Waals surface area contributed by atoms with Crippen molar-refractivity contribution >= 4 is 12.1 Å². The molecule has 0 saturated carbocycles. The maximum atomic E-state index is 11.8. The zero-order valence-electron chi connectivity index (χ0n) is 17.8. The van der Waals surface area contributed by atoms with Crippen molar-refractivity contribution in [3.63, 3.8) is 0 Å². The molecule has 2 N–H and O–H groups in total. The molecule has 9 heteroatoms. The average molecular weight is 406 g/mol. The summed E-state index contributed by atoms with van der Waals surface area (Å²) in [4.78, 5) is 17.9. The zero-order valence-corrected chi connectivity index (χ0v) is 17.8. The molecule has 1 fully saturated rings. The van der Waals surface area contributed by atoms with Crippen LogP contribution in [0.5, 0.6) is 0 Å². The van der Waals surface area contributed by atoms with Crippen molar-refractivity contribution in [3.8, 4) is 0 Å². The Morgan fingerprint density at radius 2 is 2.03 bits per heavy atom. The molecule has 2 aliphatic rings. The Kier molecular flexibility index (Phi) is 8.13. The number of rotatable bonds is 6. The summed E-state index contributed by atoms with van der Waals surface area (Å²) in [5.41, 5.74) is 0. The van der Waals surface area contributed by atoms with Crippen LogP contribution in [0.1, 0.15) is 57.1 Å². The number of carbonyl (C=O) groups is 1. The smallest absolute Gasteiger partial charge is 0.409 e. The van der Waals surface area contributed by atoms with Crippen LogP contribution in [0.3, 0.4) is 0 Å². The maximum Gasteiger partial charge on any atom is 0.409 e. The van der Waals surface area contributed by atoms with Gasteiger partial charge in [0.05, 0.1) is 6.61 Å². The zero-order chi connectivity index (χ0) is 20.5. The predicted octanol–water partition coefficient (Wildman–Crippen LogP) is 1.72. The van der Waals surface area contributed by atoms with E-state index in [0.29, 0.717) is 25.7 Å². The summed E-state index contributed by atoms with van der Waals surface area (Å²) >= 11 is 0. The van der Waals surface area contributed by atoms with Gasteiger partial charge in [0.25, 0.3) is 0 Å². The van der Waals surface area contributed by atoms with Gasteiger partial charge < -0.3 is 24.8 Å². The average Bonchev–Trinajstić information content (AvgIpc) is 2.96. The van der Waals surface area contributed by atoms with E-state index >= 15 is 0 Å². The number of aliphatic imine (C=N–C) groups is 1. The van der Waals surface area contributed by atoms with Crippen LogP contribution in [0.4, 0.5) is 4.79 Å². The lowest BCUT2D eigenvalue weighted by Gasteiger charge is -2.32. The first kappa shape index (κ1) is 21.4. The fraction of sp³-hybridized carbons (Fsp3) is 0.800. The monoisotopic (exact) mass is 405 g/mol. The minimum absolute atomic E-state index is 0.208. The van der Waals surface area contributed by atoms with Crippen molar-refractivity contribution in [1.82, 2.24) is 30.3 Å². The van der Waals surface area contributed by atoms with Crippen LogP contribution < -0.4 is 10.6 Å². The molecule has 162 valence electrons. The quantitative estimate of drug-likeness (QED) is 0.425. The van der Waals surface area contributed by atoms with E-state index < -0.39 is 0 Å². The Bertz CT molecular complexity index is 680. The summed E-state index contributed by atoms with van der Waals surface area (Å²) in [5.74, 6) is 3.08. The van der Waals surface area contributed by atoms with Gasteiger partial charge in [-0.05, 0) is 39.0 Å². The molecular weight excluding hydrogens is 370 g/mol. The summed E-state index contributed by atoms with van der Waals surface area (Å²) < 4.78 is 7.39. The molecule has 9 nitrogen and oxygen atoms in total. The number of hydrogen-bond donors (Lipinski definition) is 2. The third-order valence-corrected chi connectivity index (χ3v) is 5.64. The number of ether oxygens (including phenoxy) is 1. The highest BCUT2D eigenvalue weighted by Gasteiger charge is 2.24. The van der Waals surface area contributed by atoms with Crippen molar-refractivity contribution in [2.24, 2.45) is 4.99 Å². The van der Waals surface area contributed by atoms with Crippen molar-refractivity contribution in [2.75, 3.05) is 33.3 Å². The van der Waals surface area contributed by atoms with Gasteiger partial charge in [0.2, 0.25) is 0 Å². The number of hydrogen-bond acceptors (Lipinski definition) is 5. The van der Waals surface area contributed by atoms with E-state index in [2.05, 4.69) is 30.4 Å². The van der Waals surface area contributed by atoms with Crippen LogP contribution in [-0.4, -0.2) is 71.0 Å². The van der Waals surface area contributed by atoms with Crippen LogP contribution >= 0.6 is 0 Å². The van der Waals surface area contributed by atoms with E-state index in [9.17, 15) is 4.79 Å². The van der Waals surface area contributed by atoms with Crippen LogP contribution in [0.15, 0.2) is 4.99 Å². The molecule has 0 radical (unpaired) electrons. The van der Waals surface area contributed by atoms with Gasteiger partial charge in [-0.3, -0.25) is 4.99 Å². The van der Waals surface area contributed by atoms with Gasteiger partial charge >= 0.3 is 6.09 Å². The van der Waals surface area contributed by atoms with Crippen LogP contribution in [-0.2, 0) is 24.1 Å². The Morgan fingerprint density at radius 1 is 1.21 bits per heavy atom. The molecule has 3 heterocycles. The van der Waals surface area contributed by atoms with Gasteiger partial charge in [-0.2, -0.15) is 0 Å². The van der Waals surface area contributed by atoms with Crippen LogP contribution in [0, 0.1) is 0 Å². The Balaban J connectivity index is 1.36. The normalized spacial score (nSPS) is 18.1. The Morgan fingerprint density at radius 3 is 2.79 bits per heavy atom. The molecule has 1 aromatic rings. The standard InChI is InChI=1S/C20H35N7O2/c1-3-29-20(28)26-14-10-16(11-15-26)23-19(21-2)22-12-7-9-18-25-24-17-8-5-4-6-13-27(17)18/h16H,3-15H2,1-2H3,(H2,21,22,23). The topological polar surface area (TPSA) is 96.7 Å². The predicted molar refractivity (Wildman–Crippen MR) is 112 cm³/mol. The molecule has 0 atom stereocenters. The summed E-state index contributed by atoms with van der Waals surface area (Å²) in [6, 6.07) is 0.319. The van der Waals surface area contributed by atoms with E-state index in [1.54, 1.807) is 11.9 Å². The number of carbonyl (C=O) groups excluding carboxylic acids is 1. The van der Waals surface area contributed by atoms with Crippen molar-refractivity contribution in [1.29, 1.82) is 0 Å². The van der Waals surface area contributed by atoms with Gasteiger partial charge in [-0.15, -0.1) is 10.2 Å². The molecule has 3 rings (SSSR count). The lowest BCUT2D eigenvalue weighted by Crippen LogP contribution is -2.50. The minimum atomic E-state index is -0.208. The second-order valence-corrected chi connectivity index (χ2v) is 7.70. The van der Waals surface area contributed by atoms with Crippen molar-refractivity contribution in [3.05, 3.63) is 11.6 Å². The highest BCUT2D eigenvalue weighted by Crippen LogP contribution is 2.15. The molecule has 0 bridgehead atoms. The summed E-state index contributed by atoms with van der Waals surface area (Å²) in [7, 11) is 1.79. The number of aryl methyl sites for hydroxylation is 2. The summed E-state index contributed by atoms with van der Waals surface area (Å²) in [6.07, 6.45) is 8.27. The van der Waals surface area contributed by atoms with E-state index in [1.807, 2.05) is 6.92 Å². The SMILES string of the molecule is CCOC(=O)N1CCC(NC(=NC)NCCCc2nnc3n2CCCCC3)CC1. The summed E-state index contributed by atoms with van der Waals surface area (Å²) in [6.45, 7) is 5.57. The first-order valence-electron chi connectivity index (χ1n) is 11.0. The van der Waals surface area contributed by atoms with Gasteiger partial charge in [-0.25, -0.2) is 4.79 Å². The fourth-order valence-corrected chi connectivity index (χ4v) is 3.99. The second kappa shape index (κ2) is 11.0. The lowest BCUT2D eigenvalue weighted by atomic mass is 10.1. The van der Waals surface area contributed by atoms with Crippen molar-refractivity contribution < 1.29 is 9.53 Å². The van der Waals surface area contributed by atoms with Gasteiger partial charge in [0.15, 0.2) is 5.96 Å². The number of nitrogens with zero attached hydrogens (tertiary/aromatic N) is 5. The van der Waals surface area contributed by atoms with Crippen LogP contribution in [0.25, 0.3) is 0 Å². The maximum absolute atomic E-state index is 11.8. The highest BCUT2D eigenvalue weighted by molar-refractivity contribution is 5.80. The van der Waals surface area contributed by atoms with Crippen LogP contribution in [0.2, 0.25) is 0 Å². The number of fused-ring (bicyclic) bond motifs is 1. The number of likely N-dealkylation sites (tertiary alicyclic amines) is 1. The molecule has 1 saturated heterocycles. The number of amides is 1. The minimum Gasteiger partial charge on any atom is -0.450 e. The number of aromatic nitrogens is 3. The Hall–Kier alpha value is -2.32. The third-order valence-electron chi connectivity index (χ3n) is 5.64. The highest BCUT2D eigenvalue weighted by atomic mass is 16.6. The molecule has 0 aliphatic carbocycles. The number of guanidine groups is 1. The molecule has 0 aromatic carbocycles. The number of piperidine rings is 1. The van der Waals surface area contributed by atoms with Crippen molar-refractivity contribution in [2.45, 2.75) is 70.9 Å². The number of nitrogens with one attached hydrogen (secondary N) is 2. The van der Waals surface area contributed by atoms with Gasteiger partial charge in [-0.1, -0.05) is 6.42 Å².